The zero-order valence-electron chi connectivity index (χ0n) is 9.62. The number of rotatable bonds is 7. The molecule has 1 aromatic rings. The number of ether oxygens (including phenoxy) is 1. The van der Waals surface area contributed by atoms with Crippen molar-refractivity contribution in [2.24, 2.45) is 0 Å². The smallest absolute Gasteiger partial charge is 0.230 e. The molecule has 0 saturated heterocycles. The van der Waals surface area contributed by atoms with Crippen LogP contribution < -0.4 is 15.8 Å². The molecule has 0 aromatic heterocycles. The molecule has 0 aliphatic rings. The molecule has 1 aromatic carbocycles. The third kappa shape index (κ3) is 5.58. The second-order valence-corrected chi connectivity index (χ2v) is 4.14. The van der Waals surface area contributed by atoms with Crippen LogP contribution in [0.1, 0.15) is 12.8 Å². The van der Waals surface area contributed by atoms with Crippen LogP contribution in [0, 0.1) is 0 Å². The molecule has 1 rings (SSSR count). The minimum absolute atomic E-state index is 0.0122. The highest BCUT2D eigenvalue weighted by molar-refractivity contribution is 9.09. The first-order chi connectivity index (χ1) is 8.24. The molecule has 3 N–H and O–H groups in total. The first-order valence-corrected chi connectivity index (χ1v) is 6.66. The summed E-state index contributed by atoms with van der Waals surface area (Å²) in [6.07, 6.45) is 1.78. The second-order valence-electron chi connectivity index (χ2n) is 3.58. The maximum atomic E-state index is 10.9. The normalized spacial score (nSPS) is 9.94. The van der Waals surface area contributed by atoms with Crippen molar-refractivity contribution in [3.63, 3.8) is 0 Å². The Balaban J connectivity index is 2.09. The van der Waals surface area contributed by atoms with Crippen LogP contribution in [0.3, 0.4) is 0 Å². The highest BCUT2D eigenvalue weighted by atomic mass is 79.9. The Kier molecular flexibility index (Phi) is 6.47. The SMILES string of the molecule is Nc1ccccc1OCCCCNC(=O)CBr. The number of anilines is 1. The number of alkyl halides is 1. The fourth-order valence-corrected chi connectivity index (χ4v) is 1.49. The van der Waals surface area contributed by atoms with Crippen LogP contribution in [0.4, 0.5) is 5.69 Å². The molecule has 17 heavy (non-hydrogen) atoms. The zero-order valence-corrected chi connectivity index (χ0v) is 11.2. The lowest BCUT2D eigenvalue weighted by Crippen LogP contribution is -2.25. The molecule has 0 heterocycles. The Bertz CT molecular complexity index is 358. The minimum atomic E-state index is 0.0122. The number of nitrogen functional groups attached to an aromatic ring is 1. The van der Waals surface area contributed by atoms with Crippen LogP contribution in [0.5, 0.6) is 5.75 Å². The van der Waals surface area contributed by atoms with Gasteiger partial charge in [-0.2, -0.15) is 0 Å². The van der Waals surface area contributed by atoms with E-state index in [1.807, 2.05) is 24.3 Å². The van der Waals surface area contributed by atoms with Gasteiger partial charge in [0.25, 0.3) is 0 Å². The van der Waals surface area contributed by atoms with Crippen molar-refractivity contribution in [1.82, 2.24) is 5.32 Å². The van der Waals surface area contributed by atoms with Crippen molar-refractivity contribution in [3.05, 3.63) is 24.3 Å². The van der Waals surface area contributed by atoms with Crippen molar-refractivity contribution >= 4 is 27.5 Å². The molecule has 0 radical (unpaired) electrons. The predicted molar refractivity (Wildman–Crippen MR) is 72.4 cm³/mol. The van der Waals surface area contributed by atoms with Crippen LogP contribution in [0.25, 0.3) is 0 Å². The maximum absolute atomic E-state index is 10.9. The fourth-order valence-electron chi connectivity index (χ4n) is 1.30. The quantitative estimate of drug-likeness (QED) is 0.459. The van der Waals surface area contributed by atoms with Gasteiger partial charge >= 0.3 is 0 Å². The van der Waals surface area contributed by atoms with Gasteiger partial charge in [-0.25, -0.2) is 0 Å². The van der Waals surface area contributed by atoms with E-state index in [1.54, 1.807) is 0 Å². The third-order valence-electron chi connectivity index (χ3n) is 2.19. The lowest BCUT2D eigenvalue weighted by molar-refractivity contribution is -0.118. The van der Waals surface area contributed by atoms with Gasteiger partial charge in [0.2, 0.25) is 5.91 Å². The number of halogens is 1. The molecule has 0 aliphatic heterocycles. The van der Waals surface area contributed by atoms with Gasteiger partial charge in [-0.3, -0.25) is 4.79 Å². The molecule has 94 valence electrons. The van der Waals surface area contributed by atoms with Crippen molar-refractivity contribution in [3.8, 4) is 5.75 Å². The molecule has 0 aliphatic carbocycles. The fraction of sp³-hybridized carbons (Fsp3) is 0.417. The number of benzene rings is 1. The van der Waals surface area contributed by atoms with E-state index in [0.29, 0.717) is 24.2 Å². The monoisotopic (exact) mass is 300 g/mol. The summed E-state index contributed by atoms with van der Waals surface area (Å²) in [5.41, 5.74) is 6.38. The van der Waals surface area contributed by atoms with Crippen LogP contribution in [-0.4, -0.2) is 24.4 Å². The van der Waals surface area contributed by atoms with E-state index >= 15 is 0 Å². The maximum Gasteiger partial charge on any atom is 0.230 e. The Morgan fingerprint density at radius 3 is 2.82 bits per heavy atom. The summed E-state index contributed by atoms with van der Waals surface area (Å²) in [5.74, 6) is 0.732. The topological polar surface area (TPSA) is 64.3 Å². The van der Waals surface area contributed by atoms with Crippen LogP contribution >= 0.6 is 15.9 Å². The first kappa shape index (κ1) is 13.8. The molecular weight excluding hydrogens is 284 g/mol. The zero-order chi connectivity index (χ0) is 12.5. The van der Waals surface area contributed by atoms with E-state index in [-0.39, 0.29) is 5.91 Å². The lowest BCUT2D eigenvalue weighted by Gasteiger charge is -2.08. The Morgan fingerprint density at radius 1 is 1.35 bits per heavy atom. The average Bonchev–Trinajstić information content (AvgIpc) is 2.35. The molecular formula is C12H17BrN2O2. The highest BCUT2D eigenvalue weighted by Crippen LogP contribution is 2.19. The van der Waals surface area contributed by atoms with E-state index < -0.39 is 0 Å². The molecule has 0 fully saturated rings. The van der Waals surface area contributed by atoms with Crippen molar-refractivity contribution in [2.75, 3.05) is 24.2 Å². The number of para-hydroxylation sites is 2. The number of nitrogens with one attached hydrogen (secondary N) is 1. The molecule has 1 amide bonds. The summed E-state index contributed by atoms with van der Waals surface area (Å²) in [5, 5.41) is 3.13. The highest BCUT2D eigenvalue weighted by Gasteiger charge is 1.99. The number of unbranched alkanes of at least 4 members (excludes halogenated alkanes) is 1. The van der Waals surface area contributed by atoms with Crippen LogP contribution in [0.2, 0.25) is 0 Å². The van der Waals surface area contributed by atoms with Gasteiger partial charge in [0.15, 0.2) is 0 Å². The molecule has 0 spiro atoms. The van der Waals surface area contributed by atoms with Gasteiger partial charge < -0.3 is 15.8 Å². The molecule has 0 bridgehead atoms. The summed E-state index contributed by atoms with van der Waals surface area (Å²) >= 11 is 3.09. The molecule has 0 atom stereocenters. The number of hydrogen-bond acceptors (Lipinski definition) is 3. The van der Waals surface area contributed by atoms with E-state index in [4.69, 9.17) is 10.5 Å². The summed E-state index contributed by atoms with van der Waals surface area (Å²) in [6, 6.07) is 7.42. The third-order valence-corrected chi connectivity index (χ3v) is 2.70. The van der Waals surface area contributed by atoms with Gasteiger partial charge in [-0.1, -0.05) is 28.1 Å². The Labute approximate surface area is 110 Å². The standard InChI is InChI=1S/C12H17BrN2O2/c13-9-12(16)15-7-3-4-8-17-11-6-2-1-5-10(11)14/h1-2,5-6H,3-4,7-9,14H2,(H,15,16). The molecule has 5 heteroatoms. The van der Waals surface area contributed by atoms with Gasteiger partial charge in [-0.15, -0.1) is 0 Å². The summed E-state index contributed by atoms with van der Waals surface area (Å²) in [4.78, 5) is 10.9. The summed E-state index contributed by atoms with van der Waals surface area (Å²) in [6.45, 7) is 1.29. The minimum Gasteiger partial charge on any atom is -0.491 e. The average molecular weight is 301 g/mol. The number of amides is 1. The van der Waals surface area contributed by atoms with E-state index in [0.717, 1.165) is 18.6 Å². The number of hydrogen-bond donors (Lipinski definition) is 2. The van der Waals surface area contributed by atoms with Crippen molar-refractivity contribution in [2.45, 2.75) is 12.8 Å². The Hall–Kier alpha value is -1.23. The van der Waals surface area contributed by atoms with Gasteiger partial charge in [-0.05, 0) is 25.0 Å². The van der Waals surface area contributed by atoms with Gasteiger partial charge in [0, 0.05) is 6.54 Å². The van der Waals surface area contributed by atoms with E-state index in [2.05, 4.69) is 21.2 Å². The number of carbonyl (C=O) groups is 1. The van der Waals surface area contributed by atoms with Gasteiger partial charge in [0.1, 0.15) is 5.75 Å². The van der Waals surface area contributed by atoms with E-state index in [9.17, 15) is 4.79 Å². The molecule has 0 saturated carbocycles. The van der Waals surface area contributed by atoms with Crippen molar-refractivity contribution in [1.29, 1.82) is 0 Å². The second kappa shape index (κ2) is 7.95. The summed E-state index contributed by atoms with van der Waals surface area (Å²) < 4.78 is 5.52. The number of nitrogens with two attached hydrogens (primary N) is 1. The van der Waals surface area contributed by atoms with E-state index in [1.165, 1.54) is 0 Å². The van der Waals surface area contributed by atoms with Crippen LogP contribution in [0.15, 0.2) is 24.3 Å². The summed E-state index contributed by atoms with van der Waals surface area (Å²) in [7, 11) is 0. The largest absolute Gasteiger partial charge is 0.491 e. The lowest BCUT2D eigenvalue weighted by atomic mass is 10.3. The predicted octanol–water partition coefficient (Wildman–Crippen LogP) is 1.94. The van der Waals surface area contributed by atoms with Crippen LogP contribution in [-0.2, 0) is 4.79 Å². The first-order valence-electron chi connectivity index (χ1n) is 5.54. The number of carbonyl (C=O) groups excluding carboxylic acids is 1. The molecule has 0 unspecified atom stereocenters. The Morgan fingerprint density at radius 2 is 2.12 bits per heavy atom. The van der Waals surface area contributed by atoms with Crippen molar-refractivity contribution < 1.29 is 9.53 Å². The van der Waals surface area contributed by atoms with Gasteiger partial charge in [0.05, 0.1) is 17.6 Å². The molecule has 4 nitrogen and oxygen atoms in total.